The van der Waals surface area contributed by atoms with Crippen molar-refractivity contribution in [3.63, 3.8) is 0 Å². The molecule has 0 aliphatic heterocycles. The lowest BCUT2D eigenvalue weighted by molar-refractivity contribution is 0.0945. The number of aliphatic hydroxyl groups is 1. The highest BCUT2D eigenvalue weighted by molar-refractivity contribution is 6.31. The molecule has 20 heavy (non-hydrogen) atoms. The Bertz CT molecular complexity index is 368. The lowest BCUT2D eigenvalue weighted by Crippen LogP contribution is -2.32. The van der Waals surface area contributed by atoms with E-state index in [1.54, 1.807) is 20.3 Å². The summed E-state index contributed by atoms with van der Waals surface area (Å²) in [6.07, 6.45) is 0.0910. The zero-order valence-electron chi connectivity index (χ0n) is 12.2. The molecule has 1 rings (SSSR count). The number of nitrogens with zero attached hydrogens (tertiary/aromatic N) is 1. The van der Waals surface area contributed by atoms with Crippen LogP contribution in [0.3, 0.4) is 0 Å². The summed E-state index contributed by atoms with van der Waals surface area (Å²) < 4.78 is 10.2. The third-order valence-electron chi connectivity index (χ3n) is 3.21. The smallest absolute Gasteiger partial charge is 0.0816 e. The molecule has 1 aromatic carbocycles. The summed E-state index contributed by atoms with van der Waals surface area (Å²) in [6, 6.07) is 7.41. The molecule has 1 aromatic rings. The Kier molecular flexibility index (Phi) is 8.82. The van der Waals surface area contributed by atoms with Crippen LogP contribution >= 0.6 is 11.6 Å². The highest BCUT2D eigenvalue weighted by Gasteiger charge is 2.13. The lowest BCUT2D eigenvalue weighted by Gasteiger charge is -2.23. The first-order chi connectivity index (χ1) is 9.69. The van der Waals surface area contributed by atoms with Gasteiger partial charge in [-0.1, -0.05) is 29.8 Å². The number of methoxy groups -OCH3 is 2. The number of aliphatic hydroxyl groups excluding tert-OH is 1. The lowest BCUT2D eigenvalue weighted by atomic mass is 10.1. The Labute approximate surface area is 126 Å². The van der Waals surface area contributed by atoms with E-state index in [-0.39, 0.29) is 0 Å². The summed E-state index contributed by atoms with van der Waals surface area (Å²) in [4.78, 5) is 2.22. The van der Waals surface area contributed by atoms with Crippen molar-refractivity contribution in [2.75, 3.05) is 47.1 Å². The SMILES string of the molecule is COCCN(CCOC)CCC(O)c1ccccc1Cl. The van der Waals surface area contributed by atoms with Crippen molar-refractivity contribution >= 4 is 11.6 Å². The standard InChI is InChI=1S/C15H24ClNO3/c1-19-11-9-17(10-12-20-2)8-7-15(18)13-5-3-4-6-14(13)16/h3-6,15,18H,7-12H2,1-2H3. The molecule has 0 radical (unpaired) electrons. The predicted molar refractivity (Wildman–Crippen MR) is 81.2 cm³/mol. The Balaban J connectivity index is 2.46. The molecule has 0 amide bonds. The summed E-state index contributed by atoms with van der Waals surface area (Å²) in [5.74, 6) is 0. The van der Waals surface area contributed by atoms with Crippen molar-refractivity contribution in [1.29, 1.82) is 0 Å². The molecule has 0 aromatic heterocycles. The second kappa shape index (κ2) is 10.1. The zero-order chi connectivity index (χ0) is 14.8. The van der Waals surface area contributed by atoms with Gasteiger partial charge in [0.25, 0.3) is 0 Å². The second-order valence-electron chi connectivity index (χ2n) is 4.65. The molecule has 1 N–H and O–H groups in total. The van der Waals surface area contributed by atoms with Crippen LogP contribution in [-0.4, -0.2) is 57.1 Å². The Morgan fingerprint density at radius 1 is 1.10 bits per heavy atom. The molecule has 0 saturated carbocycles. The number of halogens is 1. The molecule has 114 valence electrons. The van der Waals surface area contributed by atoms with Gasteiger partial charge in [0.15, 0.2) is 0 Å². The average molecular weight is 302 g/mol. The van der Waals surface area contributed by atoms with Gasteiger partial charge < -0.3 is 14.6 Å². The van der Waals surface area contributed by atoms with Crippen molar-refractivity contribution in [3.05, 3.63) is 34.9 Å². The molecule has 1 unspecified atom stereocenters. The molecule has 0 aliphatic carbocycles. The Morgan fingerprint density at radius 2 is 1.70 bits per heavy atom. The third-order valence-corrected chi connectivity index (χ3v) is 3.55. The zero-order valence-corrected chi connectivity index (χ0v) is 13.0. The molecule has 0 aliphatic rings. The summed E-state index contributed by atoms with van der Waals surface area (Å²) in [5.41, 5.74) is 0.785. The maximum absolute atomic E-state index is 10.2. The monoisotopic (exact) mass is 301 g/mol. The van der Waals surface area contributed by atoms with Crippen LogP contribution in [0.15, 0.2) is 24.3 Å². The topological polar surface area (TPSA) is 41.9 Å². The molecule has 0 saturated heterocycles. The van der Waals surface area contributed by atoms with Crippen LogP contribution in [-0.2, 0) is 9.47 Å². The van der Waals surface area contributed by atoms with Gasteiger partial charge in [0.05, 0.1) is 19.3 Å². The van der Waals surface area contributed by atoms with E-state index in [0.29, 0.717) is 24.7 Å². The molecule has 0 spiro atoms. The van der Waals surface area contributed by atoms with E-state index in [0.717, 1.165) is 25.2 Å². The fraction of sp³-hybridized carbons (Fsp3) is 0.600. The minimum absolute atomic E-state index is 0.545. The van der Waals surface area contributed by atoms with Gasteiger partial charge in [-0.3, -0.25) is 4.90 Å². The van der Waals surface area contributed by atoms with Crippen molar-refractivity contribution < 1.29 is 14.6 Å². The normalized spacial score (nSPS) is 12.8. The highest BCUT2D eigenvalue weighted by atomic mass is 35.5. The molecule has 0 heterocycles. The first kappa shape index (κ1) is 17.4. The summed E-state index contributed by atoms with van der Waals surface area (Å²) in [6.45, 7) is 3.78. The second-order valence-corrected chi connectivity index (χ2v) is 5.06. The van der Waals surface area contributed by atoms with E-state index in [4.69, 9.17) is 21.1 Å². The van der Waals surface area contributed by atoms with E-state index < -0.39 is 6.10 Å². The number of ether oxygens (including phenoxy) is 2. The van der Waals surface area contributed by atoms with Crippen LogP contribution < -0.4 is 0 Å². The molecular formula is C15H24ClNO3. The van der Waals surface area contributed by atoms with Crippen LogP contribution in [0, 0.1) is 0 Å². The van der Waals surface area contributed by atoms with Gasteiger partial charge in [-0.15, -0.1) is 0 Å². The molecule has 0 bridgehead atoms. The quantitative estimate of drug-likeness (QED) is 0.720. The van der Waals surface area contributed by atoms with Crippen LogP contribution in [0.1, 0.15) is 18.1 Å². The average Bonchev–Trinajstić information content (AvgIpc) is 2.46. The molecule has 1 atom stereocenters. The largest absolute Gasteiger partial charge is 0.388 e. The van der Waals surface area contributed by atoms with Crippen molar-refractivity contribution in [3.8, 4) is 0 Å². The first-order valence-electron chi connectivity index (χ1n) is 6.81. The number of hydrogen-bond acceptors (Lipinski definition) is 4. The first-order valence-corrected chi connectivity index (χ1v) is 7.19. The summed E-state index contributed by atoms with van der Waals surface area (Å²) in [7, 11) is 3.38. The molecular weight excluding hydrogens is 278 g/mol. The minimum atomic E-state index is -0.545. The van der Waals surface area contributed by atoms with E-state index in [1.807, 2.05) is 18.2 Å². The van der Waals surface area contributed by atoms with Gasteiger partial charge in [0.2, 0.25) is 0 Å². The molecule has 4 nitrogen and oxygen atoms in total. The molecule has 5 heteroatoms. The minimum Gasteiger partial charge on any atom is -0.388 e. The fourth-order valence-electron chi connectivity index (χ4n) is 1.98. The van der Waals surface area contributed by atoms with Crippen LogP contribution in [0.2, 0.25) is 5.02 Å². The maximum Gasteiger partial charge on any atom is 0.0816 e. The van der Waals surface area contributed by atoms with Gasteiger partial charge in [0.1, 0.15) is 0 Å². The van der Waals surface area contributed by atoms with Gasteiger partial charge >= 0.3 is 0 Å². The predicted octanol–water partition coefficient (Wildman–Crippen LogP) is 2.36. The van der Waals surface area contributed by atoms with Crippen molar-refractivity contribution in [2.24, 2.45) is 0 Å². The Morgan fingerprint density at radius 3 is 2.25 bits per heavy atom. The van der Waals surface area contributed by atoms with E-state index in [9.17, 15) is 5.11 Å². The highest BCUT2D eigenvalue weighted by Crippen LogP contribution is 2.24. The van der Waals surface area contributed by atoms with Gasteiger partial charge in [-0.2, -0.15) is 0 Å². The van der Waals surface area contributed by atoms with Gasteiger partial charge in [0, 0.05) is 38.9 Å². The van der Waals surface area contributed by atoms with E-state index in [1.165, 1.54) is 0 Å². The number of benzene rings is 1. The maximum atomic E-state index is 10.2. The summed E-state index contributed by atoms with van der Waals surface area (Å²) in [5, 5.41) is 10.8. The Hall–Kier alpha value is -0.650. The van der Waals surface area contributed by atoms with Crippen molar-refractivity contribution in [2.45, 2.75) is 12.5 Å². The van der Waals surface area contributed by atoms with Gasteiger partial charge in [-0.25, -0.2) is 0 Å². The number of hydrogen-bond donors (Lipinski definition) is 1. The molecule has 0 fully saturated rings. The number of rotatable bonds is 10. The van der Waals surface area contributed by atoms with Crippen LogP contribution in [0.5, 0.6) is 0 Å². The van der Waals surface area contributed by atoms with Gasteiger partial charge in [-0.05, 0) is 18.1 Å². The summed E-state index contributed by atoms with van der Waals surface area (Å²) >= 11 is 6.09. The van der Waals surface area contributed by atoms with Crippen LogP contribution in [0.4, 0.5) is 0 Å². The van der Waals surface area contributed by atoms with E-state index >= 15 is 0 Å². The third kappa shape index (κ3) is 6.20. The fourth-order valence-corrected chi connectivity index (χ4v) is 2.24. The van der Waals surface area contributed by atoms with Crippen molar-refractivity contribution in [1.82, 2.24) is 4.90 Å². The van der Waals surface area contributed by atoms with E-state index in [2.05, 4.69) is 4.90 Å². The van der Waals surface area contributed by atoms with Crippen LogP contribution in [0.25, 0.3) is 0 Å².